The van der Waals surface area contributed by atoms with E-state index in [4.69, 9.17) is 10.3 Å². The highest BCUT2D eigenvalue weighted by molar-refractivity contribution is 5.87. The van der Waals surface area contributed by atoms with E-state index in [0.717, 1.165) is 27.9 Å². The van der Waals surface area contributed by atoms with E-state index in [1.807, 2.05) is 48.5 Å². The van der Waals surface area contributed by atoms with Gasteiger partial charge in [-0.1, -0.05) is 59.8 Å². The third-order valence-corrected chi connectivity index (χ3v) is 3.18. The van der Waals surface area contributed by atoms with Crippen LogP contribution < -0.4 is 5.73 Å². The van der Waals surface area contributed by atoms with Gasteiger partial charge in [0.15, 0.2) is 0 Å². The van der Waals surface area contributed by atoms with Crippen molar-refractivity contribution in [2.45, 2.75) is 6.92 Å². The summed E-state index contributed by atoms with van der Waals surface area (Å²) in [6.07, 6.45) is 0. The molecule has 1 aromatic heterocycles. The van der Waals surface area contributed by atoms with Crippen molar-refractivity contribution in [3.63, 3.8) is 0 Å². The molecule has 19 heavy (non-hydrogen) atoms. The standard InChI is InChI=1S/C16H14N2O/c1-11-7-5-6-10-13(11)15-14(16(17)19-18-15)12-8-3-2-4-9-12/h2-10H,17H2,1H3. The molecule has 0 aliphatic heterocycles. The van der Waals surface area contributed by atoms with Crippen molar-refractivity contribution in [2.75, 3.05) is 5.73 Å². The third kappa shape index (κ3) is 1.99. The molecule has 3 nitrogen and oxygen atoms in total. The van der Waals surface area contributed by atoms with E-state index in [2.05, 4.69) is 18.1 Å². The second-order valence-electron chi connectivity index (χ2n) is 4.45. The number of nitrogens with two attached hydrogens (primary N) is 1. The Bertz CT molecular complexity index is 702. The Morgan fingerprint density at radius 2 is 1.63 bits per heavy atom. The van der Waals surface area contributed by atoms with E-state index in [1.54, 1.807) is 0 Å². The fourth-order valence-electron chi connectivity index (χ4n) is 2.21. The quantitative estimate of drug-likeness (QED) is 0.750. The number of benzene rings is 2. The second-order valence-corrected chi connectivity index (χ2v) is 4.45. The molecule has 94 valence electrons. The number of anilines is 1. The van der Waals surface area contributed by atoms with Crippen LogP contribution in [0.25, 0.3) is 22.4 Å². The first kappa shape index (κ1) is 11.5. The van der Waals surface area contributed by atoms with Crippen molar-refractivity contribution in [2.24, 2.45) is 0 Å². The van der Waals surface area contributed by atoms with Crippen LogP contribution in [0.3, 0.4) is 0 Å². The third-order valence-electron chi connectivity index (χ3n) is 3.18. The lowest BCUT2D eigenvalue weighted by Crippen LogP contribution is -1.89. The Morgan fingerprint density at radius 1 is 0.947 bits per heavy atom. The predicted octanol–water partition coefficient (Wildman–Crippen LogP) is 3.90. The summed E-state index contributed by atoms with van der Waals surface area (Å²) in [7, 11) is 0. The summed E-state index contributed by atoms with van der Waals surface area (Å²) in [5, 5.41) is 4.12. The maximum absolute atomic E-state index is 5.93. The first-order valence-electron chi connectivity index (χ1n) is 6.14. The number of hydrogen-bond acceptors (Lipinski definition) is 3. The molecular weight excluding hydrogens is 236 g/mol. The molecular formula is C16H14N2O. The zero-order valence-electron chi connectivity index (χ0n) is 10.6. The van der Waals surface area contributed by atoms with Gasteiger partial charge < -0.3 is 10.3 Å². The fraction of sp³-hybridized carbons (Fsp3) is 0.0625. The zero-order chi connectivity index (χ0) is 13.2. The molecule has 0 aliphatic rings. The van der Waals surface area contributed by atoms with Crippen LogP contribution in [0.1, 0.15) is 5.56 Å². The van der Waals surface area contributed by atoms with Crippen molar-refractivity contribution in [1.29, 1.82) is 0 Å². The highest BCUT2D eigenvalue weighted by Crippen LogP contribution is 2.36. The van der Waals surface area contributed by atoms with E-state index >= 15 is 0 Å². The van der Waals surface area contributed by atoms with Crippen molar-refractivity contribution in [1.82, 2.24) is 5.16 Å². The fourth-order valence-corrected chi connectivity index (χ4v) is 2.21. The van der Waals surface area contributed by atoms with Gasteiger partial charge in [0.25, 0.3) is 0 Å². The Kier molecular flexibility index (Phi) is 2.80. The number of aromatic nitrogens is 1. The topological polar surface area (TPSA) is 52.0 Å². The number of rotatable bonds is 2. The maximum Gasteiger partial charge on any atom is 0.230 e. The van der Waals surface area contributed by atoms with Crippen molar-refractivity contribution in [3.8, 4) is 22.4 Å². The molecule has 2 aromatic carbocycles. The summed E-state index contributed by atoms with van der Waals surface area (Å²) in [4.78, 5) is 0. The molecule has 0 saturated heterocycles. The molecule has 0 fully saturated rings. The molecule has 1 heterocycles. The maximum atomic E-state index is 5.93. The number of aryl methyl sites for hydroxylation is 1. The molecule has 3 rings (SSSR count). The van der Waals surface area contributed by atoms with Gasteiger partial charge in [0.2, 0.25) is 5.88 Å². The Hall–Kier alpha value is -2.55. The lowest BCUT2D eigenvalue weighted by atomic mass is 9.98. The lowest BCUT2D eigenvalue weighted by molar-refractivity contribution is 0.439. The van der Waals surface area contributed by atoms with Crippen LogP contribution in [-0.4, -0.2) is 5.16 Å². The summed E-state index contributed by atoms with van der Waals surface area (Å²) in [5.74, 6) is 0.351. The van der Waals surface area contributed by atoms with Gasteiger partial charge in [0.1, 0.15) is 5.69 Å². The van der Waals surface area contributed by atoms with Gasteiger partial charge >= 0.3 is 0 Å². The molecule has 0 atom stereocenters. The van der Waals surface area contributed by atoms with Gasteiger partial charge in [-0.3, -0.25) is 0 Å². The Morgan fingerprint density at radius 3 is 2.37 bits per heavy atom. The first-order chi connectivity index (χ1) is 9.27. The van der Waals surface area contributed by atoms with Crippen molar-refractivity contribution in [3.05, 3.63) is 60.2 Å². The molecule has 3 heteroatoms. The average Bonchev–Trinajstić information content (AvgIpc) is 2.82. The van der Waals surface area contributed by atoms with Crippen LogP contribution in [0.2, 0.25) is 0 Å². The molecule has 0 aliphatic carbocycles. The normalized spacial score (nSPS) is 10.6. The van der Waals surface area contributed by atoms with E-state index in [9.17, 15) is 0 Å². The Labute approximate surface area is 111 Å². The van der Waals surface area contributed by atoms with Crippen LogP contribution in [-0.2, 0) is 0 Å². The van der Waals surface area contributed by atoms with Crippen LogP contribution in [0.15, 0.2) is 59.1 Å². The Balaban J connectivity index is 2.23. The summed E-state index contributed by atoms with van der Waals surface area (Å²) in [6.45, 7) is 2.05. The minimum Gasteiger partial charge on any atom is -0.367 e. The SMILES string of the molecule is Cc1ccccc1-c1noc(N)c1-c1ccccc1. The molecule has 0 spiro atoms. The smallest absolute Gasteiger partial charge is 0.230 e. The molecule has 2 N–H and O–H groups in total. The van der Waals surface area contributed by atoms with E-state index < -0.39 is 0 Å². The second kappa shape index (κ2) is 4.61. The number of nitrogen functional groups attached to an aromatic ring is 1. The van der Waals surface area contributed by atoms with Gasteiger partial charge in [0.05, 0.1) is 5.56 Å². The monoisotopic (exact) mass is 250 g/mol. The summed E-state index contributed by atoms with van der Waals surface area (Å²) in [5.41, 5.74) is 10.8. The van der Waals surface area contributed by atoms with E-state index in [0.29, 0.717) is 5.88 Å². The lowest BCUT2D eigenvalue weighted by Gasteiger charge is -2.05. The van der Waals surface area contributed by atoms with Crippen LogP contribution >= 0.6 is 0 Å². The number of hydrogen-bond donors (Lipinski definition) is 1. The molecule has 3 aromatic rings. The van der Waals surface area contributed by atoms with Crippen LogP contribution in [0.4, 0.5) is 5.88 Å². The average molecular weight is 250 g/mol. The minimum atomic E-state index is 0.351. The summed E-state index contributed by atoms with van der Waals surface area (Å²) < 4.78 is 5.19. The molecule has 0 amide bonds. The first-order valence-corrected chi connectivity index (χ1v) is 6.14. The zero-order valence-corrected chi connectivity index (χ0v) is 10.6. The highest BCUT2D eigenvalue weighted by Gasteiger charge is 2.18. The molecule has 0 saturated carbocycles. The highest BCUT2D eigenvalue weighted by atomic mass is 16.5. The predicted molar refractivity (Wildman–Crippen MR) is 76.5 cm³/mol. The van der Waals surface area contributed by atoms with E-state index in [1.165, 1.54) is 0 Å². The van der Waals surface area contributed by atoms with Gasteiger partial charge in [0, 0.05) is 5.56 Å². The summed E-state index contributed by atoms with van der Waals surface area (Å²) >= 11 is 0. The molecule has 0 unspecified atom stereocenters. The van der Waals surface area contributed by atoms with Crippen molar-refractivity contribution >= 4 is 5.88 Å². The molecule has 0 radical (unpaired) electrons. The van der Waals surface area contributed by atoms with E-state index in [-0.39, 0.29) is 0 Å². The molecule has 0 bridgehead atoms. The van der Waals surface area contributed by atoms with Gasteiger partial charge in [-0.05, 0) is 18.1 Å². The number of nitrogens with zero attached hydrogens (tertiary/aromatic N) is 1. The van der Waals surface area contributed by atoms with Gasteiger partial charge in [-0.25, -0.2) is 0 Å². The largest absolute Gasteiger partial charge is 0.367 e. The minimum absolute atomic E-state index is 0.351. The summed E-state index contributed by atoms with van der Waals surface area (Å²) in [6, 6.07) is 18.0. The van der Waals surface area contributed by atoms with Gasteiger partial charge in [-0.2, -0.15) is 0 Å². The van der Waals surface area contributed by atoms with Gasteiger partial charge in [-0.15, -0.1) is 0 Å². The van der Waals surface area contributed by atoms with Crippen molar-refractivity contribution < 1.29 is 4.52 Å². The van der Waals surface area contributed by atoms with Crippen LogP contribution in [0.5, 0.6) is 0 Å². The van der Waals surface area contributed by atoms with Crippen LogP contribution in [0, 0.1) is 6.92 Å².